The number of hydrogen-bond donors (Lipinski definition) is 2. The molecule has 0 fully saturated rings. The fourth-order valence-corrected chi connectivity index (χ4v) is 1.11. The molecule has 0 aliphatic carbocycles. The molecule has 0 spiro atoms. The third-order valence-corrected chi connectivity index (χ3v) is 1.93. The molecule has 0 radical (unpaired) electrons. The lowest BCUT2D eigenvalue weighted by atomic mass is 10.1. The minimum atomic E-state index is -0.353. The molecule has 3 N–H and O–H groups in total. The van der Waals surface area contributed by atoms with E-state index in [2.05, 4.69) is 17.2 Å². The van der Waals surface area contributed by atoms with Gasteiger partial charge in [0, 0.05) is 24.6 Å². The molecule has 1 amide bonds. The Morgan fingerprint density at radius 1 is 1.56 bits per heavy atom. The summed E-state index contributed by atoms with van der Waals surface area (Å²) in [7, 11) is 0. The van der Waals surface area contributed by atoms with Gasteiger partial charge in [-0.2, -0.15) is 0 Å². The van der Waals surface area contributed by atoms with Crippen molar-refractivity contribution in [3.8, 4) is 11.8 Å². The molecular formula is C12H13FN2O. The molecule has 0 atom stereocenters. The number of benzene rings is 1. The smallest absolute Gasteiger partial charge is 0.217 e. The first-order valence-electron chi connectivity index (χ1n) is 4.85. The predicted molar refractivity (Wildman–Crippen MR) is 59.9 cm³/mol. The number of nitrogens with one attached hydrogen (secondary N) is 1. The minimum Gasteiger partial charge on any atom is -0.345 e. The van der Waals surface area contributed by atoms with Gasteiger partial charge < -0.3 is 11.1 Å². The number of amides is 1. The van der Waals surface area contributed by atoms with Crippen molar-refractivity contribution >= 4 is 5.91 Å². The van der Waals surface area contributed by atoms with Crippen LogP contribution in [0.4, 0.5) is 4.39 Å². The van der Waals surface area contributed by atoms with Gasteiger partial charge in [0.1, 0.15) is 5.82 Å². The first-order chi connectivity index (χ1) is 7.63. The number of rotatable bonds is 2. The zero-order valence-corrected chi connectivity index (χ0v) is 9.01. The van der Waals surface area contributed by atoms with Gasteiger partial charge in [-0.15, -0.1) is 0 Å². The first-order valence-corrected chi connectivity index (χ1v) is 4.85. The summed E-state index contributed by atoms with van der Waals surface area (Å²) in [6, 6.07) is 4.65. The van der Waals surface area contributed by atoms with Gasteiger partial charge >= 0.3 is 0 Å². The highest BCUT2D eigenvalue weighted by atomic mass is 19.1. The number of carbonyl (C=O) groups excluding carboxylic acids is 1. The lowest BCUT2D eigenvalue weighted by Crippen LogP contribution is -2.19. The van der Waals surface area contributed by atoms with E-state index in [0.29, 0.717) is 11.1 Å². The van der Waals surface area contributed by atoms with Crippen LogP contribution in [0.25, 0.3) is 0 Å². The lowest BCUT2D eigenvalue weighted by Gasteiger charge is -1.99. The zero-order valence-electron chi connectivity index (χ0n) is 9.01. The Bertz CT molecular complexity index is 446. The zero-order chi connectivity index (χ0) is 12.0. The SMILES string of the molecule is CC(=O)NCC#Cc1ccc(CN)c(F)c1. The molecule has 0 aromatic heterocycles. The van der Waals surface area contributed by atoms with Gasteiger partial charge in [-0.25, -0.2) is 4.39 Å². The quantitative estimate of drug-likeness (QED) is 0.723. The van der Waals surface area contributed by atoms with Crippen molar-refractivity contribution in [2.75, 3.05) is 6.54 Å². The predicted octanol–water partition coefficient (Wildman–Crippen LogP) is 0.772. The van der Waals surface area contributed by atoms with Crippen molar-refractivity contribution in [1.82, 2.24) is 5.32 Å². The summed E-state index contributed by atoms with van der Waals surface area (Å²) < 4.78 is 13.3. The van der Waals surface area contributed by atoms with Crippen LogP contribution in [0.1, 0.15) is 18.1 Å². The summed E-state index contributed by atoms with van der Waals surface area (Å²) in [4.78, 5) is 10.5. The maximum absolute atomic E-state index is 13.3. The van der Waals surface area contributed by atoms with E-state index < -0.39 is 0 Å². The maximum Gasteiger partial charge on any atom is 0.217 e. The van der Waals surface area contributed by atoms with Crippen LogP contribution in [0.15, 0.2) is 18.2 Å². The van der Waals surface area contributed by atoms with Gasteiger partial charge in [0.05, 0.1) is 6.54 Å². The van der Waals surface area contributed by atoms with Crippen molar-refractivity contribution in [2.45, 2.75) is 13.5 Å². The van der Waals surface area contributed by atoms with Gasteiger partial charge in [-0.3, -0.25) is 4.79 Å². The van der Waals surface area contributed by atoms with E-state index >= 15 is 0 Å². The van der Waals surface area contributed by atoms with Gasteiger partial charge in [0.2, 0.25) is 5.91 Å². The fourth-order valence-electron chi connectivity index (χ4n) is 1.11. The molecule has 0 aliphatic heterocycles. The van der Waals surface area contributed by atoms with E-state index in [9.17, 15) is 9.18 Å². The first kappa shape index (κ1) is 12.2. The lowest BCUT2D eigenvalue weighted by molar-refractivity contribution is -0.118. The summed E-state index contributed by atoms with van der Waals surface area (Å²) in [6.45, 7) is 1.85. The van der Waals surface area contributed by atoms with E-state index in [1.165, 1.54) is 13.0 Å². The molecule has 1 aromatic carbocycles. The highest BCUT2D eigenvalue weighted by Crippen LogP contribution is 2.08. The average molecular weight is 220 g/mol. The van der Waals surface area contributed by atoms with Crippen molar-refractivity contribution in [1.29, 1.82) is 0 Å². The largest absolute Gasteiger partial charge is 0.345 e. The number of halogens is 1. The summed E-state index contributed by atoms with van der Waals surface area (Å²) >= 11 is 0. The Hall–Kier alpha value is -1.86. The van der Waals surface area contributed by atoms with E-state index in [1.807, 2.05) is 0 Å². The van der Waals surface area contributed by atoms with Crippen LogP contribution in [0.2, 0.25) is 0 Å². The van der Waals surface area contributed by atoms with Gasteiger partial charge in [0.25, 0.3) is 0 Å². The minimum absolute atomic E-state index is 0.140. The van der Waals surface area contributed by atoms with E-state index in [4.69, 9.17) is 5.73 Å². The number of nitrogens with two attached hydrogens (primary N) is 1. The molecule has 0 unspecified atom stereocenters. The Morgan fingerprint density at radius 2 is 2.31 bits per heavy atom. The Labute approximate surface area is 93.8 Å². The van der Waals surface area contributed by atoms with Crippen molar-refractivity contribution in [3.63, 3.8) is 0 Å². The normalized spacial score (nSPS) is 9.19. The molecule has 84 valence electrons. The summed E-state index contributed by atoms with van der Waals surface area (Å²) in [5, 5.41) is 2.53. The molecule has 0 aliphatic rings. The standard InChI is InChI=1S/C12H13FN2O/c1-9(16)15-6-2-3-10-4-5-11(8-14)12(13)7-10/h4-5,7H,6,8,14H2,1H3,(H,15,16). The van der Waals surface area contributed by atoms with Crippen molar-refractivity contribution < 1.29 is 9.18 Å². The summed E-state index contributed by atoms with van der Waals surface area (Å²) in [6.07, 6.45) is 0. The third kappa shape index (κ3) is 3.71. The van der Waals surface area contributed by atoms with Crippen molar-refractivity contribution in [2.24, 2.45) is 5.73 Å². The van der Waals surface area contributed by atoms with Crippen molar-refractivity contribution in [3.05, 3.63) is 35.1 Å². The molecule has 0 bridgehead atoms. The van der Waals surface area contributed by atoms with E-state index in [-0.39, 0.29) is 24.8 Å². The van der Waals surface area contributed by atoms with Crippen LogP contribution in [0.5, 0.6) is 0 Å². The highest BCUT2D eigenvalue weighted by Gasteiger charge is 1.99. The van der Waals surface area contributed by atoms with Crippen LogP contribution in [-0.2, 0) is 11.3 Å². The second kappa shape index (κ2) is 5.89. The highest BCUT2D eigenvalue weighted by molar-refractivity contribution is 5.73. The van der Waals surface area contributed by atoms with Gasteiger partial charge in [0.15, 0.2) is 0 Å². The van der Waals surface area contributed by atoms with Crippen LogP contribution in [0.3, 0.4) is 0 Å². The molecule has 16 heavy (non-hydrogen) atoms. The number of hydrogen-bond acceptors (Lipinski definition) is 2. The molecule has 1 aromatic rings. The number of carbonyl (C=O) groups is 1. The van der Waals surface area contributed by atoms with Crippen LogP contribution in [0, 0.1) is 17.7 Å². The Balaban J connectivity index is 2.67. The monoisotopic (exact) mass is 220 g/mol. The van der Waals surface area contributed by atoms with Crippen LogP contribution >= 0.6 is 0 Å². The van der Waals surface area contributed by atoms with Crippen LogP contribution < -0.4 is 11.1 Å². The fraction of sp³-hybridized carbons (Fsp3) is 0.250. The molecule has 3 nitrogen and oxygen atoms in total. The molecule has 0 heterocycles. The summed E-state index contributed by atoms with van der Waals surface area (Å²) in [5.41, 5.74) is 6.37. The molecule has 0 saturated carbocycles. The van der Waals surface area contributed by atoms with Gasteiger partial charge in [-0.05, 0) is 12.1 Å². The second-order valence-electron chi connectivity index (χ2n) is 3.22. The Kier molecular flexibility index (Phi) is 4.49. The maximum atomic E-state index is 13.3. The van der Waals surface area contributed by atoms with Gasteiger partial charge in [-0.1, -0.05) is 17.9 Å². The third-order valence-electron chi connectivity index (χ3n) is 1.93. The Morgan fingerprint density at radius 3 is 2.88 bits per heavy atom. The molecular weight excluding hydrogens is 207 g/mol. The molecule has 0 saturated heterocycles. The van der Waals surface area contributed by atoms with Crippen LogP contribution in [-0.4, -0.2) is 12.5 Å². The molecule has 1 rings (SSSR count). The molecule has 4 heteroatoms. The summed E-state index contributed by atoms with van der Waals surface area (Å²) in [5.74, 6) is 4.97. The average Bonchev–Trinajstić information content (AvgIpc) is 2.24. The van der Waals surface area contributed by atoms with E-state index in [1.54, 1.807) is 12.1 Å². The van der Waals surface area contributed by atoms with E-state index in [0.717, 1.165) is 0 Å². The topological polar surface area (TPSA) is 55.1 Å². The second-order valence-corrected chi connectivity index (χ2v) is 3.22.